The van der Waals surface area contributed by atoms with Crippen LogP contribution in [0.5, 0.6) is 5.75 Å². The van der Waals surface area contributed by atoms with Gasteiger partial charge in [-0.2, -0.15) is 0 Å². The van der Waals surface area contributed by atoms with Gasteiger partial charge in [0.25, 0.3) is 0 Å². The van der Waals surface area contributed by atoms with E-state index < -0.39 is 0 Å². The number of hydrogen-bond acceptors (Lipinski definition) is 5. The second kappa shape index (κ2) is 6.42. The number of benzene rings is 1. The van der Waals surface area contributed by atoms with Crippen molar-refractivity contribution >= 4 is 18.5 Å². The summed E-state index contributed by atoms with van der Waals surface area (Å²) in [6.45, 7) is 5.26. The van der Waals surface area contributed by atoms with Gasteiger partial charge in [0.05, 0.1) is 26.2 Å². The lowest BCUT2D eigenvalue weighted by Crippen LogP contribution is -2.31. The van der Waals surface area contributed by atoms with Gasteiger partial charge in [-0.05, 0) is 17.2 Å². The third-order valence-electron chi connectivity index (χ3n) is 4.38. The number of methoxy groups -OCH3 is 1. The Hall–Kier alpha value is -2.34. The van der Waals surface area contributed by atoms with Gasteiger partial charge in [-0.3, -0.25) is 4.90 Å². The molecule has 6 nitrogen and oxygen atoms in total. The van der Waals surface area contributed by atoms with Crippen LogP contribution in [0.1, 0.15) is 23.1 Å². The van der Waals surface area contributed by atoms with E-state index in [1.54, 1.807) is 18.1 Å². The average molecular weight is 316 g/mol. The van der Waals surface area contributed by atoms with Gasteiger partial charge >= 0.3 is 6.09 Å². The highest BCUT2D eigenvalue weighted by atomic mass is 16.6. The zero-order chi connectivity index (χ0) is 16.4. The Balaban J connectivity index is 1.70. The first-order valence-electron chi connectivity index (χ1n) is 7.61. The number of hydrogen-bond donors (Lipinski definition) is 1. The number of carbonyl (C=O) groups is 2. The smallest absolute Gasteiger partial charge is 0.410 e. The van der Waals surface area contributed by atoms with Crippen molar-refractivity contribution in [1.29, 1.82) is 0 Å². The van der Waals surface area contributed by atoms with Gasteiger partial charge in [0.2, 0.25) is 0 Å². The number of aldehydes is 1. The second-order valence-electron chi connectivity index (χ2n) is 5.77. The third-order valence-corrected chi connectivity index (χ3v) is 4.38. The highest BCUT2D eigenvalue weighted by molar-refractivity contribution is 5.71. The molecule has 0 aliphatic carbocycles. The summed E-state index contributed by atoms with van der Waals surface area (Å²) in [7, 11) is 1.62. The van der Waals surface area contributed by atoms with E-state index in [1.807, 2.05) is 12.1 Å². The number of nitrogens with zero attached hydrogens (tertiary/aromatic N) is 1. The van der Waals surface area contributed by atoms with Crippen LogP contribution >= 0.6 is 0 Å². The van der Waals surface area contributed by atoms with Crippen molar-refractivity contribution in [3.05, 3.63) is 35.4 Å². The number of amides is 1. The number of rotatable bonds is 4. The molecule has 1 aromatic carbocycles. The maximum absolute atomic E-state index is 12.4. The Kier molecular flexibility index (Phi) is 4.34. The van der Waals surface area contributed by atoms with Gasteiger partial charge in [0, 0.05) is 18.5 Å². The van der Waals surface area contributed by atoms with Crippen LogP contribution < -0.4 is 10.1 Å². The molecule has 0 unspecified atom stereocenters. The molecule has 1 amide bonds. The fourth-order valence-electron chi connectivity index (χ4n) is 3.14. The van der Waals surface area contributed by atoms with Crippen molar-refractivity contribution in [3.8, 4) is 5.75 Å². The summed E-state index contributed by atoms with van der Waals surface area (Å²) in [4.78, 5) is 24.8. The molecule has 122 valence electrons. The average Bonchev–Trinajstić information content (AvgIpc) is 3.20. The predicted molar refractivity (Wildman–Crippen MR) is 85.1 cm³/mol. The van der Waals surface area contributed by atoms with E-state index in [0.717, 1.165) is 28.7 Å². The molecular weight excluding hydrogens is 296 g/mol. The lowest BCUT2D eigenvalue weighted by molar-refractivity contribution is -0.109. The summed E-state index contributed by atoms with van der Waals surface area (Å²) in [5.41, 5.74) is 3.04. The number of ether oxygens (including phenoxy) is 2. The minimum atomic E-state index is -0.364. The van der Waals surface area contributed by atoms with Crippen LogP contribution in [0.15, 0.2) is 18.7 Å². The number of fused-ring (bicyclic) bond motifs is 1. The van der Waals surface area contributed by atoms with Gasteiger partial charge < -0.3 is 19.6 Å². The molecule has 0 aromatic heterocycles. The minimum absolute atomic E-state index is 0.226. The minimum Gasteiger partial charge on any atom is -0.496 e. The predicted octanol–water partition coefficient (Wildman–Crippen LogP) is 1.72. The summed E-state index contributed by atoms with van der Waals surface area (Å²) in [5, 5.41) is 3.01. The molecule has 0 spiro atoms. The molecule has 2 heterocycles. The lowest BCUT2D eigenvalue weighted by atomic mass is 10.0. The number of nitrogens with one attached hydrogen (secondary N) is 1. The first-order chi connectivity index (χ1) is 11.2. The highest BCUT2D eigenvalue weighted by Crippen LogP contribution is 2.34. The molecule has 0 saturated carbocycles. The van der Waals surface area contributed by atoms with Gasteiger partial charge in [0.1, 0.15) is 18.1 Å². The Morgan fingerprint density at radius 1 is 1.39 bits per heavy atom. The Morgan fingerprint density at radius 3 is 2.83 bits per heavy atom. The molecular formula is C17H20N2O4. The van der Waals surface area contributed by atoms with E-state index in [0.29, 0.717) is 26.1 Å². The van der Waals surface area contributed by atoms with E-state index in [1.165, 1.54) is 0 Å². The molecule has 23 heavy (non-hydrogen) atoms. The van der Waals surface area contributed by atoms with E-state index in [9.17, 15) is 9.59 Å². The van der Waals surface area contributed by atoms with Gasteiger partial charge in [-0.25, -0.2) is 4.79 Å². The molecule has 1 aromatic rings. The van der Waals surface area contributed by atoms with Crippen molar-refractivity contribution in [2.24, 2.45) is 0 Å². The Labute approximate surface area is 135 Å². The molecule has 1 N–H and O–H groups in total. The van der Waals surface area contributed by atoms with E-state index in [4.69, 9.17) is 9.47 Å². The van der Waals surface area contributed by atoms with Crippen LogP contribution in [-0.4, -0.2) is 43.1 Å². The molecule has 2 aliphatic heterocycles. The maximum Gasteiger partial charge on any atom is 0.410 e. The molecule has 1 fully saturated rings. The van der Waals surface area contributed by atoms with Crippen LogP contribution in [0.3, 0.4) is 0 Å². The van der Waals surface area contributed by atoms with Crippen LogP contribution in [0.25, 0.3) is 6.08 Å². The van der Waals surface area contributed by atoms with Crippen LogP contribution in [0, 0.1) is 0 Å². The zero-order valence-electron chi connectivity index (χ0n) is 13.1. The topological polar surface area (TPSA) is 67.9 Å². The molecule has 3 rings (SSSR count). The van der Waals surface area contributed by atoms with Gasteiger partial charge in [-0.1, -0.05) is 18.7 Å². The fourth-order valence-corrected chi connectivity index (χ4v) is 3.14. The molecule has 1 saturated heterocycles. The number of carbonyl (C=O) groups excluding carboxylic acids is 2. The summed E-state index contributed by atoms with van der Waals surface area (Å²) < 4.78 is 10.9. The molecule has 2 atom stereocenters. The SMILES string of the molecule is C=Cc1ccc(OC)c2c1CN(C(=O)O[C@H]1CN[C@H](C=O)C1)C2. The van der Waals surface area contributed by atoms with Gasteiger partial charge in [-0.15, -0.1) is 0 Å². The summed E-state index contributed by atoms with van der Waals surface area (Å²) in [6.07, 6.45) is 2.53. The van der Waals surface area contributed by atoms with Crippen molar-refractivity contribution in [2.75, 3.05) is 13.7 Å². The molecule has 0 radical (unpaired) electrons. The van der Waals surface area contributed by atoms with Crippen molar-refractivity contribution in [1.82, 2.24) is 10.2 Å². The standard InChI is InChI=1S/C17H20N2O4/c1-3-11-4-5-16(22-2)15-9-19(8-14(11)15)17(21)23-13-6-12(10-20)18-7-13/h3-5,10,12-13,18H,1,6-9H2,2H3/t12-,13+/m0/s1. The second-order valence-corrected chi connectivity index (χ2v) is 5.77. The normalized spacial score (nSPS) is 22.6. The molecule has 6 heteroatoms. The van der Waals surface area contributed by atoms with Crippen molar-refractivity contribution in [2.45, 2.75) is 31.7 Å². The Bertz CT molecular complexity index is 644. The summed E-state index contributed by atoms with van der Waals surface area (Å²) >= 11 is 0. The van der Waals surface area contributed by atoms with Crippen LogP contribution in [0.4, 0.5) is 4.79 Å². The van der Waals surface area contributed by atoms with E-state index >= 15 is 0 Å². The van der Waals surface area contributed by atoms with Crippen molar-refractivity contribution in [3.63, 3.8) is 0 Å². The van der Waals surface area contributed by atoms with E-state index in [-0.39, 0.29) is 18.2 Å². The van der Waals surface area contributed by atoms with Gasteiger partial charge in [0.15, 0.2) is 0 Å². The Morgan fingerprint density at radius 2 is 2.17 bits per heavy atom. The van der Waals surface area contributed by atoms with Crippen LogP contribution in [-0.2, 0) is 22.6 Å². The largest absolute Gasteiger partial charge is 0.496 e. The quantitative estimate of drug-likeness (QED) is 0.857. The summed E-state index contributed by atoms with van der Waals surface area (Å²) in [6, 6.07) is 3.60. The van der Waals surface area contributed by atoms with Crippen LogP contribution in [0.2, 0.25) is 0 Å². The lowest BCUT2D eigenvalue weighted by Gasteiger charge is -2.18. The summed E-state index contributed by atoms with van der Waals surface area (Å²) in [5.74, 6) is 0.768. The zero-order valence-corrected chi connectivity index (χ0v) is 13.1. The first kappa shape index (κ1) is 15.6. The van der Waals surface area contributed by atoms with Crippen molar-refractivity contribution < 1.29 is 19.1 Å². The fraction of sp³-hybridized carbons (Fsp3) is 0.412. The maximum atomic E-state index is 12.4. The molecule has 0 bridgehead atoms. The third kappa shape index (κ3) is 2.94. The molecule has 2 aliphatic rings. The highest BCUT2D eigenvalue weighted by Gasteiger charge is 2.32. The first-order valence-corrected chi connectivity index (χ1v) is 7.61. The van der Waals surface area contributed by atoms with E-state index in [2.05, 4.69) is 11.9 Å². The monoisotopic (exact) mass is 316 g/mol.